The van der Waals surface area contributed by atoms with Gasteiger partial charge in [0.2, 0.25) is 0 Å². The summed E-state index contributed by atoms with van der Waals surface area (Å²) in [6.07, 6.45) is 1.08. The molecule has 1 heterocycles. The van der Waals surface area contributed by atoms with Gasteiger partial charge in [-0.15, -0.1) is 11.3 Å². The van der Waals surface area contributed by atoms with Crippen molar-refractivity contribution in [3.63, 3.8) is 0 Å². The van der Waals surface area contributed by atoms with Crippen molar-refractivity contribution in [3.8, 4) is 5.75 Å². The quantitative estimate of drug-likeness (QED) is 0.933. The van der Waals surface area contributed by atoms with Gasteiger partial charge in [-0.2, -0.15) is 0 Å². The van der Waals surface area contributed by atoms with Gasteiger partial charge < -0.3 is 4.74 Å². The van der Waals surface area contributed by atoms with Crippen LogP contribution in [0.1, 0.15) is 18.1 Å². The molecule has 0 radical (unpaired) electrons. The van der Waals surface area contributed by atoms with Crippen LogP contribution in [0.4, 0.5) is 5.13 Å². The fraction of sp³-hybridized carbons (Fsp3) is 0.286. The molecule has 0 saturated carbocycles. The highest BCUT2D eigenvalue weighted by Gasteiger charge is 2.16. The van der Waals surface area contributed by atoms with Crippen molar-refractivity contribution in [1.29, 1.82) is 0 Å². The molecular weight excluding hydrogens is 260 g/mol. The first kappa shape index (κ1) is 13.5. The number of amides is 1. The number of hydrogen-bond acceptors (Lipinski definition) is 4. The maximum Gasteiger partial charge on any atom is 0.266 e. The van der Waals surface area contributed by atoms with E-state index in [2.05, 4.69) is 10.3 Å². The Morgan fingerprint density at radius 1 is 1.42 bits per heavy atom. The van der Waals surface area contributed by atoms with E-state index >= 15 is 0 Å². The van der Waals surface area contributed by atoms with Gasteiger partial charge in [0.15, 0.2) is 11.2 Å². The van der Waals surface area contributed by atoms with Crippen LogP contribution in [0.15, 0.2) is 29.8 Å². The van der Waals surface area contributed by atoms with Gasteiger partial charge in [-0.25, -0.2) is 4.98 Å². The summed E-state index contributed by atoms with van der Waals surface area (Å²) in [6.45, 7) is 5.71. The van der Waals surface area contributed by atoms with Gasteiger partial charge >= 0.3 is 0 Å². The van der Waals surface area contributed by atoms with Gasteiger partial charge in [0.25, 0.3) is 5.91 Å². The molecular formula is C14H16N2O2S. The average Bonchev–Trinajstić information content (AvgIpc) is 2.85. The summed E-state index contributed by atoms with van der Waals surface area (Å²) >= 11 is 1.38. The van der Waals surface area contributed by atoms with E-state index in [0.717, 1.165) is 11.3 Å². The van der Waals surface area contributed by atoms with E-state index in [-0.39, 0.29) is 5.91 Å². The summed E-state index contributed by atoms with van der Waals surface area (Å²) < 4.78 is 5.68. The van der Waals surface area contributed by atoms with E-state index < -0.39 is 6.10 Å². The number of aryl methyl sites for hydroxylation is 2. The molecule has 0 aliphatic rings. The summed E-state index contributed by atoms with van der Waals surface area (Å²) in [7, 11) is 0. The molecule has 5 heteroatoms. The molecule has 0 spiro atoms. The number of rotatable bonds is 4. The number of hydrogen-bond donors (Lipinski definition) is 1. The number of nitrogens with zero attached hydrogens (tertiary/aromatic N) is 1. The van der Waals surface area contributed by atoms with Crippen molar-refractivity contribution in [2.45, 2.75) is 26.9 Å². The molecule has 1 atom stereocenters. The van der Waals surface area contributed by atoms with E-state index in [0.29, 0.717) is 5.13 Å². The summed E-state index contributed by atoms with van der Waals surface area (Å²) in [5.74, 6) is 0.530. The van der Waals surface area contributed by atoms with Crippen molar-refractivity contribution in [2.75, 3.05) is 5.32 Å². The number of carbonyl (C=O) groups excluding carboxylic acids is 1. The Labute approximate surface area is 116 Å². The Bertz CT molecular complexity index is 567. The third-order valence-corrected chi connectivity index (χ3v) is 3.35. The summed E-state index contributed by atoms with van der Waals surface area (Å²) in [6, 6.07) is 5.88. The van der Waals surface area contributed by atoms with Crippen LogP contribution in [0.25, 0.3) is 0 Å². The Morgan fingerprint density at radius 3 is 2.84 bits per heavy atom. The molecule has 19 heavy (non-hydrogen) atoms. The summed E-state index contributed by atoms with van der Waals surface area (Å²) in [5.41, 5.74) is 2.19. The average molecular weight is 276 g/mol. The van der Waals surface area contributed by atoms with Gasteiger partial charge in [0.1, 0.15) is 5.75 Å². The smallest absolute Gasteiger partial charge is 0.266 e. The summed E-state index contributed by atoms with van der Waals surface area (Å²) in [4.78, 5) is 15.9. The van der Waals surface area contributed by atoms with E-state index in [4.69, 9.17) is 4.74 Å². The molecule has 0 aliphatic carbocycles. The highest BCUT2D eigenvalue weighted by atomic mass is 32.1. The Morgan fingerprint density at radius 2 is 2.21 bits per heavy atom. The number of thiazole rings is 1. The lowest BCUT2D eigenvalue weighted by Crippen LogP contribution is -2.30. The zero-order valence-electron chi connectivity index (χ0n) is 11.1. The van der Waals surface area contributed by atoms with Crippen molar-refractivity contribution in [3.05, 3.63) is 40.9 Å². The van der Waals surface area contributed by atoms with E-state index in [1.807, 2.05) is 37.4 Å². The van der Waals surface area contributed by atoms with Crippen molar-refractivity contribution in [2.24, 2.45) is 0 Å². The molecule has 0 bridgehead atoms. The number of benzene rings is 1. The van der Waals surface area contributed by atoms with Gasteiger partial charge in [-0.1, -0.05) is 17.7 Å². The molecule has 1 aromatic carbocycles. The van der Waals surface area contributed by atoms with Crippen LogP contribution in [0.5, 0.6) is 5.75 Å². The van der Waals surface area contributed by atoms with Crippen LogP contribution in [0.2, 0.25) is 0 Å². The minimum atomic E-state index is -0.565. The van der Waals surface area contributed by atoms with Crippen molar-refractivity contribution < 1.29 is 9.53 Å². The molecule has 2 aromatic rings. The topological polar surface area (TPSA) is 51.2 Å². The minimum absolute atomic E-state index is 0.199. The molecule has 1 aromatic heterocycles. The third kappa shape index (κ3) is 3.54. The Balaban J connectivity index is 2.00. The van der Waals surface area contributed by atoms with E-state index in [9.17, 15) is 4.79 Å². The van der Waals surface area contributed by atoms with Crippen LogP contribution in [-0.4, -0.2) is 17.0 Å². The number of carbonyl (C=O) groups is 1. The van der Waals surface area contributed by atoms with Crippen LogP contribution in [-0.2, 0) is 4.79 Å². The zero-order chi connectivity index (χ0) is 13.8. The Hall–Kier alpha value is -1.88. The number of ether oxygens (including phenoxy) is 1. The second-order valence-electron chi connectivity index (χ2n) is 4.36. The third-order valence-electron chi connectivity index (χ3n) is 2.67. The van der Waals surface area contributed by atoms with Crippen LogP contribution >= 0.6 is 11.3 Å². The van der Waals surface area contributed by atoms with E-state index in [1.165, 1.54) is 16.9 Å². The second-order valence-corrected chi connectivity index (χ2v) is 5.25. The molecule has 0 fully saturated rings. The molecule has 2 rings (SSSR count). The van der Waals surface area contributed by atoms with Crippen molar-refractivity contribution >= 4 is 22.4 Å². The molecule has 0 saturated heterocycles. The molecule has 100 valence electrons. The predicted octanol–water partition coefficient (Wildman–Crippen LogP) is 3.17. The Kier molecular flexibility index (Phi) is 4.16. The zero-order valence-corrected chi connectivity index (χ0v) is 12.0. The first-order chi connectivity index (χ1) is 9.06. The number of nitrogens with one attached hydrogen (secondary N) is 1. The van der Waals surface area contributed by atoms with Crippen LogP contribution in [0.3, 0.4) is 0 Å². The summed E-state index contributed by atoms with van der Waals surface area (Å²) in [5, 5.41) is 5.11. The highest BCUT2D eigenvalue weighted by Crippen LogP contribution is 2.20. The molecule has 1 N–H and O–H groups in total. The maximum atomic E-state index is 11.9. The SMILES string of the molecule is Cc1ccc(O[C@@H](C)C(=O)Nc2nccs2)c(C)c1. The standard InChI is InChI=1S/C14H16N2O2S/c1-9-4-5-12(10(2)8-9)18-11(3)13(17)16-14-15-6-7-19-14/h4-8,11H,1-3H3,(H,15,16,17)/t11-/m0/s1. The largest absolute Gasteiger partial charge is 0.481 e. The lowest BCUT2D eigenvalue weighted by atomic mass is 10.1. The monoisotopic (exact) mass is 276 g/mol. The number of anilines is 1. The van der Waals surface area contributed by atoms with Gasteiger partial charge in [-0.3, -0.25) is 10.1 Å². The van der Waals surface area contributed by atoms with E-state index in [1.54, 1.807) is 13.1 Å². The van der Waals surface area contributed by atoms with Crippen LogP contribution in [0, 0.1) is 13.8 Å². The molecule has 0 unspecified atom stereocenters. The second kappa shape index (κ2) is 5.84. The molecule has 1 amide bonds. The van der Waals surface area contributed by atoms with Gasteiger partial charge in [0, 0.05) is 11.6 Å². The lowest BCUT2D eigenvalue weighted by molar-refractivity contribution is -0.122. The van der Waals surface area contributed by atoms with Gasteiger partial charge in [-0.05, 0) is 32.4 Å². The van der Waals surface area contributed by atoms with Crippen LogP contribution < -0.4 is 10.1 Å². The molecule has 0 aliphatic heterocycles. The normalized spacial score (nSPS) is 11.9. The number of aromatic nitrogens is 1. The maximum absolute atomic E-state index is 11.9. The highest BCUT2D eigenvalue weighted by molar-refractivity contribution is 7.13. The predicted molar refractivity (Wildman–Crippen MR) is 76.7 cm³/mol. The molecule has 4 nitrogen and oxygen atoms in total. The minimum Gasteiger partial charge on any atom is -0.481 e. The fourth-order valence-electron chi connectivity index (χ4n) is 1.67. The van der Waals surface area contributed by atoms with Gasteiger partial charge in [0.05, 0.1) is 0 Å². The first-order valence-electron chi connectivity index (χ1n) is 6.00. The first-order valence-corrected chi connectivity index (χ1v) is 6.88. The fourth-order valence-corrected chi connectivity index (χ4v) is 2.20. The lowest BCUT2D eigenvalue weighted by Gasteiger charge is -2.15. The van der Waals surface area contributed by atoms with Crippen molar-refractivity contribution in [1.82, 2.24) is 4.98 Å².